The van der Waals surface area contributed by atoms with E-state index < -0.39 is 5.38 Å². The lowest BCUT2D eigenvalue weighted by molar-refractivity contribution is -0.132. The minimum absolute atomic E-state index is 0.144. The molecule has 1 heterocycles. The SMILES string of the molecule is COc1ccc(C=C2CCC[C@@H]3C2=NN(C(=O)[C@@H](C)Cl)[C@@H]3c2ccc(OC)cc2)cc1. The molecular weight excluding hydrogens is 412 g/mol. The van der Waals surface area contributed by atoms with E-state index in [-0.39, 0.29) is 17.9 Å². The van der Waals surface area contributed by atoms with Gasteiger partial charge in [-0.3, -0.25) is 4.79 Å². The van der Waals surface area contributed by atoms with Gasteiger partial charge in [-0.05, 0) is 73.2 Å². The Morgan fingerprint density at radius 2 is 1.71 bits per heavy atom. The van der Waals surface area contributed by atoms with E-state index in [1.54, 1.807) is 26.2 Å². The summed E-state index contributed by atoms with van der Waals surface area (Å²) >= 11 is 6.19. The summed E-state index contributed by atoms with van der Waals surface area (Å²) in [5, 5.41) is 5.80. The molecule has 0 unspecified atom stereocenters. The average molecular weight is 439 g/mol. The molecule has 0 spiro atoms. The third-order valence-corrected chi connectivity index (χ3v) is 6.17. The lowest BCUT2D eigenvalue weighted by Crippen LogP contribution is -2.35. The van der Waals surface area contributed by atoms with Gasteiger partial charge in [0.05, 0.1) is 26.0 Å². The number of carbonyl (C=O) groups is 1. The second-order valence-corrected chi connectivity index (χ2v) is 8.60. The van der Waals surface area contributed by atoms with Gasteiger partial charge >= 0.3 is 0 Å². The second kappa shape index (κ2) is 9.15. The Morgan fingerprint density at radius 1 is 1.10 bits per heavy atom. The number of amides is 1. The van der Waals surface area contributed by atoms with Crippen molar-refractivity contribution in [2.45, 2.75) is 37.6 Å². The summed E-state index contributed by atoms with van der Waals surface area (Å²) in [6.07, 6.45) is 5.15. The van der Waals surface area contributed by atoms with E-state index in [9.17, 15) is 4.79 Å². The van der Waals surface area contributed by atoms with E-state index in [4.69, 9.17) is 26.2 Å². The molecule has 1 saturated carbocycles. The smallest absolute Gasteiger partial charge is 0.261 e. The molecule has 2 aromatic carbocycles. The van der Waals surface area contributed by atoms with E-state index >= 15 is 0 Å². The van der Waals surface area contributed by atoms with Gasteiger partial charge < -0.3 is 9.47 Å². The molecule has 0 bridgehead atoms. The summed E-state index contributed by atoms with van der Waals surface area (Å²) in [7, 11) is 3.31. The molecule has 0 radical (unpaired) electrons. The Hall–Kier alpha value is -2.79. The molecule has 31 heavy (non-hydrogen) atoms. The largest absolute Gasteiger partial charge is 0.497 e. The Bertz CT molecular complexity index is 996. The molecule has 3 atom stereocenters. The molecule has 4 rings (SSSR count). The zero-order valence-electron chi connectivity index (χ0n) is 18.0. The minimum Gasteiger partial charge on any atom is -0.497 e. The lowest BCUT2D eigenvalue weighted by atomic mass is 9.77. The van der Waals surface area contributed by atoms with Gasteiger partial charge in [0.25, 0.3) is 5.91 Å². The van der Waals surface area contributed by atoms with Gasteiger partial charge in [-0.1, -0.05) is 24.3 Å². The number of rotatable bonds is 5. The molecule has 0 aromatic heterocycles. The molecule has 6 heteroatoms. The normalized spacial score (nSPS) is 22.6. The van der Waals surface area contributed by atoms with Gasteiger partial charge in [0.15, 0.2) is 0 Å². The van der Waals surface area contributed by atoms with E-state index in [0.717, 1.165) is 47.6 Å². The summed E-state index contributed by atoms with van der Waals surface area (Å²) < 4.78 is 10.6. The van der Waals surface area contributed by atoms with E-state index in [2.05, 4.69) is 6.08 Å². The molecule has 2 aliphatic rings. The zero-order valence-corrected chi connectivity index (χ0v) is 18.8. The van der Waals surface area contributed by atoms with Gasteiger partial charge in [0.1, 0.15) is 16.9 Å². The number of benzene rings is 2. The van der Waals surface area contributed by atoms with Crippen molar-refractivity contribution in [1.82, 2.24) is 5.01 Å². The molecule has 1 aliphatic carbocycles. The Labute approximate surface area is 188 Å². The van der Waals surface area contributed by atoms with Crippen LogP contribution in [0.15, 0.2) is 59.2 Å². The average Bonchev–Trinajstić information content (AvgIpc) is 3.19. The van der Waals surface area contributed by atoms with Crippen LogP contribution in [-0.2, 0) is 4.79 Å². The summed E-state index contributed by atoms with van der Waals surface area (Å²) in [5.41, 5.74) is 4.31. The Balaban J connectivity index is 1.71. The van der Waals surface area contributed by atoms with Crippen molar-refractivity contribution in [1.29, 1.82) is 0 Å². The van der Waals surface area contributed by atoms with Crippen molar-refractivity contribution in [3.8, 4) is 11.5 Å². The first-order valence-corrected chi connectivity index (χ1v) is 11.0. The first-order chi connectivity index (χ1) is 15.0. The molecule has 1 fully saturated rings. The van der Waals surface area contributed by atoms with Gasteiger partial charge in [-0.15, -0.1) is 11.6 Å². The monoisotopic (exact) mass is 438 g/mol. The van der Waals surface area contributed by atoms with Crippen LogP contribution in [0.5, 0.6) is 11.5 Å². The number of methoxy groups -OCH3 is 2. The van der Waals surface area contributed by atoms with Gasteiger partial charge in [0, 0.05) is 5.92 Å². The minimum atomic E-state index is -0.640. The molecule has 1 aliphatic heterocycles. The predicted octanol–water partition coefficient (Wildman–Crippen LogP) is 5.45. The zero-order chi connectivity index (χ0) is 22.0. The van der Waals surface area contributed by atoms with Crippen LogP contribution in [0.3, 0.4) is 0 Å². The number of hydrogen-bond acceptors (Lipinski definition) is 4. The van der Waals surface area contributed by atoms with Crippen LogP contribution < -0.4 is 9.47 Å². The lowest BCUT2D eigenvalue weighted by Gasteiger charge is -2.30. The highest BCUT2D eigenvalue weighted by atomic mass is 35.5. The quantitative estimate of drug-likeness (QED) is 0.583. The summed E-state index contributed by atoms with van der Waals surface area (Å²) in [6, 6.07) is 15.7. The standard InChI is InChI=1S/C25H27ClN2O3/c1-16(26)25(29)28-24(18-9-13-21(31-3)14-10-18)22-6-4-5-19(23(22)27-28)15-17-7-11-20(30-2)12-8-17/h7-16,22,24H,4-6H2,1-3H3/t16-,22-,24-/m1/s1. The highest BCUT2D eigenvalue weighted by Gasteiger charge is 2.44. The molecule has 1 amide bonds. The first-order valence-electron chi connectivity index (χ1n) is 10.6. The molecular formula is C25H27ClN2O3. The number of nitrogens with zero attached hydrogens (tertiary/aromatic N) is 2. The van der Waals surface area contributed by atoms with Crippen LogP contribution >= 0.6 is 11.6 Å². The number of fused-ring (bicyclic) bond motifs is 1. The topological polar surface area (TPSA) is 51.1 Å². The van der Waals surface area contributed by atoms with Gasteiger partial charge in [-0.25, -0.2) is 5.01 Å². The Kier molecular flexibility index (Phi) is 6.33. The fourth-order valence-electron chi connectivity index (χ4n) is 4.40. The van der Waals surface area contributed by atoms with Crippen molar-refractivity contribution in [2.75, 3.05) is 14.2 Å². The van der Waals surface area contributed by atoms with Crippen LogP contribution in [0.2, 0.25) is 0 Å². The fourth-order valence-corrected chi connectivity index (χ4v) is 4.50. The maximum Gasteiger partial charge on any atom is 0.261 e. The first kappa shape index (κ1) is 21.4. The molecule has 0 N–H and O–H groups in total. The van der Waals surface area contributed by atoms with Crippen molar-refractivity contribution < 1.29 is 14.3 Å². The third-order valence-electron chi connectivity index (χ3n) is 5.98. The number of hydrazone groups is 1. The summed E-state index contributed by atoms with van der Waals surface area (Å²) in [6.45, 7) is 1.70. The van der Waals surface area contributed by atoms with Crippen molar-refractivity contribution in [3.63, 3.8) is 0 Å². The van der Waals surface area contributed by atoms with Crippen molar-refractivity contribution >= 4 is 29.3 Å². The summed E-state index contributed by atoms with van der Waals surface area (Å²) in [5.74, 6) is 1.59. The fraction of sp³-hybridized carbons (Fsp3) is 0.360. The van der Waals surface area contributed by atoms with Crippen molar-refractivity contribution in [3.05, 3.63) is 65.2 Å². The number of carbonyl (C=O) groups excluding carboxylic acids is 1. The maximum atomic E-state index is 13.0. The molecule has 2 aromatic rings. The van der Waals surface area contributed by atoms with E-state index in [1.807, 2.05) is 48.5 Å². The Morgan fingerprint density at radius 3 is 2.29 bits per heavy atom. The maximum absolute atomic E-state index is 13.0. The van der Waals surface area contributed by atoms with Crippen molar-refractivity contribution in [2.24, 2.45) is 11.0 Å². The highest BCUT2D eigenvalue weighted by Crippen LogP contribution is 2.45. The number of hydrogen-bond donors (Lipinski definition) is 0. The predicted molar refractivity (Wildman–Crippen MR) is 124 cm³/mol. The van der Waals surface area contributed by atoms with Gasteiger partial charge in [-0.2, -0.15) is 5.10 Å². The highest BCUT2D eigenvalue weighted by molar-refractivity contribution is 6.30. The second-order valence-electron chi connectivity index (χ2n) is 7.94. The number of halogens is 1. The van der Waals surface area contributed by atoms with Crippen LogP contribution in [0.4, 0.5) is 0 Å². The number of ether oxygens (including phenoxy) is 2. The summed E-state index contributed by atoms with van der Waals surface area (Å²) in [4.78, 5) is 13.0. The third kappa shape index (κ3) is 4.33. The number of allylic oxidation sites excluding steroid dienone is 1. The molecule has 0 saturated heterocycles. The van der Waals surface area contributed by atoms with Crippen LogP contribution in [0.25, 0.3) is 6.08 Å². The van der Waals surface area contributed by atoms with E-state index in [1.165, 1.54) is 5.57 Å². The van der Waals surface area contributed by atoms with Crippen LogP contribution in [0.1, 0.15) is 43.4 Å². The molecule has 5 nitrogen and oxygen atoms in total. The van der Waals surface area contributed by atoms with Gasteiger partial charge in [0.2, 0.25) is 0 Å². The van der Waals surface area contributed by atoms with Crippen LogP contribution in [0, 0.1) is 5.92 Å². The molecule has 162 valence electrons. The van der Waals surface area contributed by atoms with Crippen LogP contribution in [-0.4, -0.2) is 36.2 Å². The number of alkyl halides is 1. The van der Waals surface area contributed by atoms with E-state index in [0.29, 0.717) is 0 Å².